The molecule has 0 aliphatic carbocycles. The Labute approximate surface area is 350 Å². The van der Waals surface area contributed by atoms with Gasteiger partial charge in [-0.2, -0.15) is 0 Å². The molecule has 0 fully saturated rings. The lowest BCUT2D eigenvalue weighted by molar-refractivity contribution is -0.161. The smallest absolute Gasteiger partial charge is 0.462 e. The number of carbonyl (C=O) groups excluding carboxylic acids is 2. The molecule has 334 valence electrons. The number of hydrogen-bond donors (Lipinski definition) is 2. The van der Waals surface area contributed by atoms with Gasteiger partial charge in [-0.25, -0.2) is 4.57 Å². The SMILES string of the molecule is CCCCCC=CCC=CCCCCCCCC(=O)OC(COC(=O)CCCCCCCCCCCCCC=CCCCCCCCC)COP(=O)(O)OCCN. The molecule has 10 heteroatoms. The summed E-state index contributed by atoms with van der Waals surface area (Å²) in [4.78, 5) is 34.9. The number of ether oxygens (including phenoxy) is 2. The Morgan fingerprint density at radius 1 is 0.526 bits per heavy atom. The minimum absolute atomic E-state index is 0.0509. The normalized spacial score (nSPS) is 13.5. The predicted octanol–water partition coefficient (Wildman–Crippen LogP) is 13.7. The van der Waals surface area contributed by atoms with Crippen molar-refractivity contribution in [1.82, 2.24) is 0 Å². The molecule has 2 atom stereocenters. The van der Waals surface area contributed by atoms with E-state index >= 15 is 0 Å². The van der Waals surface area contributed by atoms with Crippen LogP contribution in [0.1, 0.15) is 219 Å². The highest BCUT2D eigenvalue weighted by Gasteiger charge is 2.26. The quantitative estimate of drug-likeness (QED) is 0.0266. The third-order valence-electron chi connectivity index (χ3n) is 10.00. The van der Waals surface area contributed by atoms with Crippen LogP contribution in [0.5, 0.6) is 0 Å². The van der Waals surface area contributed by atoms with Crippen molar-refractivity contribution in [2.24, 2.45) is 5.73 Å². The van der Waals surface area contributed by atoms with E-state index in [-0.39, 0.29) is 38.6 Å². The summed E-state index contributed by atoms with van der Waals surface area (Å²) in [5, 5.41) is 0. The zero-order valence-corrected chi connectivity index (χ0v) is 37.7. The van der Waals surface area contributed by atoms with Crippen molar-refractivity contribution in [3.05, 3.63) is 36.5 Å². The first-order valence-electron chi connectivity index (χ1n) is 23.5. The molecule has 0 aliphatic rings. The molecule has 3 N–H and O–H groups in total. The molecule has 0 saturated carbocycles. The Bertz CT molecular complexity index is 1030. The Balaban J connectivity index is 4.08. The third kappa shape index (κ3) is 43.6. The van der Waals surface area contributed by atoms with Crippen LogP contribution in [0, 0.1) is 0 Å². The molecular weight excluding hydrogens is 737 g/mol. The maximum Gasteiger partial charge on any atom is 0.472 e. The van der Waals surface area contributed by atoms with Crippen molar-refractivity contribution in [2.45, 2.75) is 225 Å². The number of hydrogen-bond acceptors (Lipinski definition) is 8. The van der Waals surface area contributed by atoms with Gasteiger partial charge in [-0.15, -0.1) is 0 Å². The second kappa shape index (κ2) is 43.8. The molecule has 0 aromatic rings. The number of unbranched alkanes of at least 4 members (excludes halogenated alkanes) is 25. The average molecular weight is 826 g/mol. The highest BCUT2D eigenvalue weighted by molar-refractivity contribution is 7.47. The van der Waals surface area contributed by atoms with Crippen molar-refractivity contribution in [3.63, 3.8) is 0 Å². The average Bonchev–Trinajstić information content (AvgIpc) is 3.20. The number of carbonyl (C=O) groups is 2. The van der Waals surface area contributed by atoms with Gasteiger partial charge in [-0.3, -0.25) is 18.6 Å². The minimum Gasteiger partial charge on any atom is -0.462 e. The number of allylic oxidation sites excluding steroid dienone is 6. The van der Waals surface area contributed by atoms with E-state index < -0.39 is 26.5 Å². The third-order valence-corrected chi connectivity index (χ3v) is 11.0. The molecule has 0 aliphatic heterocycles. The van der Waals surface area contributed by atoms with Crippen LogP contribution in [0.3, 0.4) is 0 Å². The molecule has 0 saturated heterocycles. The maximum atomic E-state index is 12.6. The molecule has 0 amide bonds. The first kappa shape index (κ1) is 55.2. The fourth-order valence-electron chi connectivity index (χ4n) is 6.48. The van der Waals surface area contributed by atoms with Gasteiger partial charge in [0.05, 0.1) is 13.2 Å². The van der Waals surface area contributed by atoms with Crippen molar-refractivity contribution in [2.75, 3.05) is 26.4 Å². The van der Waals surface area contributed by atoms with E-state index in [4.69, 9.17) is 24.3 Å². The van der Waals surface area contributed by atoms with Crippen molar-refractivity contribution < 1.29 is 37.6 Å². The van der Waals surface area contributed by atoms with Gasteiger partial charge < -0.3 is 20.1 Å². The summed E-state index contributed by atoms with van der Waals surface area (Å²) in [5.41, 5.74) is 5.35. The molecular formula is C47H88NO8P. The molecule has 0 aromatic carbocycles. The van der Waals surface area contributed by atoms with Crippen molar-refractivity contribution in [3.8, 4) is 0 Å². The molecule has 0 aromatic heterocycles. The number of esters is 2. The topological polar surface area (TPSA) is 134 Å². The van der Waals surface area contributed by atoms with Gasteiger partial charge in [-0.1, -0.05) is 172 Å². The van der Waals surface area contributed by atoms with Crippen LogP contribution in [0.25, 0.3) is 0 Å². The molecule has 0 radical (unpaired) electrons. The largest absolute Gasteiger partial charge is 0.472 e. The molecule has 9 nitrogen and oxygen atoms in total. The molecule has 0 heterocycles. The van der Waals surface area contributed by atoms with Crippen LogP contribution in [0.4, 0.5) is 0 Å². The lowest BCUT2D eigenvalue weighted by Crippen LogP contribution is -2.29. The van der Waals surface area contributed by atoms with Crippen LogP contribution in [-0.2, 0) is 32.7 Å². The molecule has 2 unspecified atom stereocenters. The van der Waals surface area contributed by atoms with E-state index in [9.17, 15) is 19.0 Å². The van der Waals surface area contributed by atoms with E-state index in [0.29, 0.717) is 6.42 Å². The summed E-state index contributed by atoms with van der Waals surface area (Å²) < 4.78 is 32.8. The van der Waals surface area contributed by atoms with E-state index in [1.807, 2.05) is 0 Å². The summed E-state index contributed by atoms with van der Waals surface area (Å²) in [6.07, 6.45) is 48.9. The lowest BCUT2D eigenvalue weighted by Gasteiger charge is -2.19. The molecule has 0 bridgehead atoms. The van der Waals surface area contributed by atoms with Gasteiger partial charge in [-0.05, 0) is 70.6 Å². The van der Waals surface area contributed by atoms with E-state index in [2.05, 4.69) is 50.3 Å². The Morgan fingerprint density at radius 3 is 1.39 bits per heavy atom. The number of nitrogens with two attached hydrogens (primary N) is 1. The predicted molar refractivity (Wildman–Crippen MR) is 238 cm³/mol. The second-order valence-electron chi connectivity index (χ2n) is 15.6. The Morgan fingerprint density at radius 2 is 0.912 bits per heavy atom. The minimum atomic E-state index is -4.38. The monoisotopic (exact) mass is 826 g/mol. The molecule has 57 heavy (non-hydrogen) atoms. The lowest BCUT2D eigenvalue weighted by atomic mass is 10.0. The molecule has 0 spiro atoms. The molecule has 0 rings (SSSR count). The summed E-state index contributed by atoms with van der Waals surface area (Å²) >= 11 is 0. The number of phosphoric ester groups is 1. The standard InChI is InChI=1S/C47H88NO8P/c1-3-5-7-9-11-13-15-17-19-20-21-22-23-24-26-27-29-31-33-35-37-39-46(49)53-43-45(44-55-57(51,52)54-42-41-48)56-47(50)40-38-36-34-32-30-28-25-18-16-14-12-10-8-6-4-2/h12,14,17-19,25,45H,3-11,13,15-16,20-24,26-44,48H2,1-2H3,(H,51,52). The van der Waals surface area contributed by atoms with Crippen molar-refractivity contribution >= 4 is 19.8 Å². The van der Waals surface area contributed by atoms with Crippen LogP contribution in [0.15, 0.2) is 36.5 Å². The van der Waals surface area contributed by atoms with Gasteiger partial charge in [0.1, 0.15) is 6.61 Å². The first-order valence-corrected chi connectivity index (χ1v) is 25.0. The van der Waals surface area contributed by atoms with Gasteiger partial charge in [0.2, 0.25) is 0 Å². The Kier molecular flexibility index (Phi) is 42.4. The van der Waals surface area contributed by atoms with E-state index in [1.54, 1.807) is 0 Å². The summed E-state index contributed by atoms with van der Waals surface area (Å²) in [7, 11) is -4.38. The zero-order valence-electron chi connectivity index (χ0n) is 36.8. The van der Waals surface area contributed by atoms with E-state index in [1.165, 1.54) is 128 Å². The number of phosphoric acid groups is 1. The first-order chi connectivity index (χ1) is 27.8. The fraction of sp³-hybridized carbons (Fsp3) is 0.830. The van der Waals surface area contributed by atoms with Gasteiger partial charge in [0.25, 0.3) is 0 Å². The van der Waals surface area contributed by atoms with Crippen LogP contribution >= 0.6 is 7.82 Å². The van der Waals surface area contributed by atoms with E-state index in [0.717, 1.165) is 57.8 Å². The second-order valence-corrected chi connectivity index (χ2v) is 17.1. The highest BCUT2D eigenvalue weighted by Crippen LogP contribution is 2.43. The summed E-state index contributed by atoms with van der Waals surface area (Å²) in [5.74, 6) is -0.840. The van der Waals surface area contributed by atoms with Gasteiger partial charge in [0.15, 0.2) is 6.10 Å². The highest BCUT2D eigenvalue weighted by atomic mass is 31.2. The maximum absolute atomic E-state index is 12.6. The fourth-order valence-corrected chi connectivity index (χ4v) is 7.25. The van der Waals surface area contributed by atoms with Crippen LogP contribution in [-0.4, -0.2) is 49.3 Å². The zero-order chi connectivity index (χ0) is 41.8. The number of rotatable bonds is 44. The van der Waals surface area contributed by atoms with Crippen molar-refractivity contribution in [1.29, 1.82) is 0 Å². The van der Waals surface area contributed by atoms with Gasteiger partial charge in [0, 0.05) is 19.4 Å². The summed E-state index contributed by atoms with van der Waals surface area (Å²) in [6, 6.07) is 0. The van der Waals surface area contributed by atoms with Gasteiger partial charge >= 0.3 is 19.8 Å². The summed E-state index contributed by atoms with van der Waals surface area (Å²) in [6.45, 7) is 3.70. The van der Waals surface area contributed by atoms with Crippen LogP contribution < -0.4 is 5.73 Å². The van der Waals surface area contributed by atoms with Crippen LogP contribution in [0.2, 0.25) is 0 Å². The Hall–Kier alpha value is -1.77.